The van der Waals surface area contributed by atoms with E-state index in [1.54, 1.807) is 11.1 Å². The second kappa shape index (κ2) is 19.9. The fraction of sp³-hybridized carbons (Fsp3) is 0.139. The maximum Gasteiger partial charge on any atom is 3.00 e. The number of pyridine rings is 4. The smallest absolute Gasteiger partial charge is 0.486 e. The Labute approximate surface area is 468 Å². The molecular formula is C72H51IrN4O. The monoisotopic (exact) mass is 1180 g/mol. The first-order valence-corrected chi connectivity index (χ1v) is 27.1. The van der Waals surface area contributed by atoms with Gasteiger partial charge in [0.15, 0.2) is 0 Å². The average Bonchev–Trinajstić information content (AvgIpc) is 3.96. The van der Waals surface area contributed by atoms with Crippen molar-refractivity contribution in [2.24, 2.45) is 11.8 Å². The maximum absolute atomic E-state index is 6.37. The van der Waals surface area contributed by atoms with Crippen LogP contribution in [0.25, 0.3) is 123 Å². The van der Waals surface area contributed by atoms with Crippen LogP contribution in [-0.4, -0.2) is 19.9 Å². The van der Waals surface area contributed by atoms with E-state index in [0.717, 1.165) is 134 Å². The summed E-state index contributed by atoms with van der Waals surface area (Å²) in [5.74, 6) is 3.14. The van der Waals surface area contributed by atoms with Crippen molar-refractivity contribution >= 4 is 22.1 Å². The Morgan fingerprint density at radius 3 is 1.46 bits per heavy atom. The van der Waals surface area contributed by atoms with Gasteiger partial charge in [-0.3, -0.25) is 0 Å². The Hall–Kier alpha value is -8.41. The number of rotatable bonds is 9. The Balaban J connectivity index is 0.00000552. The molecule has 5 aromatic heterocycles. The molecule has 16 rings (SSSR count). The summed E-state index contributed by atoms with van der Waals surface area (Å²) in [4.78, 5) is 19.9. The number of hydrogen-bond acceptors (Lipinski definition) is 5. The number of fused-ring (bicyclic) bond motifs is 3. The van der Waals surface area contributed by atoms with Crippen LogP contribution in [0, 0.1) is 37.0 Å². The minimum Gasteiger partial charge on any atom is -0.486 e. The number of aromatic nitrogens is 4. The van der Waals surface area contributed by atoms with Crippen molar-refractivity contribution in [3.63, 3.8) is 0 Å². The van der Waals surface area contributed by atoms with Crippen LogP contribution in [0.15, 0.2) is 211 Å². The number of aryl methyl sites for hydroxylation is 1. The Morgan fingerprint density at radius 2 is 0.936 bits per heavy atom. The summed E-state index contributed by atoms with van der Waals surface area (Å²) in [6, 6.07) is 77.3. The predicted octanol–water partition coefficient (Wildman–Crippen LogP) is 18.3. The van der Waals surface area contributed by atoms with Gasteiger partial charge in [-0.05, 0) is 164 Å². The second-order valence-electron chi connectivity index (χ2n) is 21.6. The molecule has 2 fully saturated rings. The molecule has 4 bridgehead atoms. The fourth-order valence-electron chi connectivity index (χ4n) is 13.4. The van der Waals surface area contributed by atoms with Crippen LogP contribution >= 0.6 is 0 Å². The molecule has 2 atom stereocenters. The van der Waals surface area contributed by atoms with E-state index < -0.39 is 0 Å². The minimum absolute atomic E-state index is 0. The third kappa shape index (κ3) is 8.61. The van der Waals surface area contributed by atoms with E-state index in [4.69, 9.17) is 19.4 Å². The first kappa shape index (κ1) is 48.0. The summed E-state index contributed by atoms with van der Waals surface area (Å²) in [5.41, 5.74) is 24.0. The van der Waals surface area contributed by atoms with Crippen LogP contribution in [0.3, 0.4) is 0 Å². The quantitative estimate of drug-likeness (QED) is 0.135. The van der Waals surface area contributed by atoms with Gasteiger partial charge in [0.2, 0.25) is 5.71 Å². The van der Waals surface area contributed by atoms with Crippen molar-refractivity contribution in [1.29, 1.82) is 0 Å². The molecule has 0 spiro atoms. The zero-order valence-corrected chi connectivity index (χ0v) is 45.4. The average molecular weight is 1180 g/mol. The van der Waals surface area contributed by atoms with Crippen LogP contribution in [0.4, 0.5) is 0 Å². The van der Waals surface area contributed by atoms with Gasteiger partial charge in [-0.25, -0.2) is 4.98 Å². The van der Waals surface area contributed by atoms with Gasteiger partial charge in [0, 0.05) is 29.7 Å². The summed E-state index contributed by atoms with van der Waals surface area (Å²) < 4.78 is 6.37. The van der Waals surface area contributed by atoms with E-state index in [2.05, 4.69) is 175 Å². The van der Waals surface area contributed by atoms with E-state index in [9.17, 15) is 0 Å². The second-order valence-corrected chi connectivity index (χ2v) is 21.6. The molecule has 78 heavy (non-hydrogen) atoms. The summed E-state index contributed by atoms with van der Waals surface area (Å²) in [6.07, 6.45) is 12.8. The van der Waals surface area contributed by atoms with Gasteiger partial charge < -0.3 is 19.4 Å². The van der Waals surface area contributed by atoms with Crippen LogP contribution in [0.2, 0.25) is 0 Å². The summed E-state index contributed by atoms with van der Waals surface area (Å²) in [5, 5.41) is 1.98. The van der Waals surface area contributed by atoms with E-state index in [1.165, 1.54) is 32.1 Å². The molecule has 7 aromatic carbocycles. The van der Waals surface area contributed by atoms with Crippen molar-refractivity contribution in [3.8, 4) is 101 Å². The molecule has 2 unspecified atom stereocenters. The first-order chi connectivity index (χ1) is 38.0. The number of hydrogen-bond donors (Lipinski definition) is 0. The molecule has 5 nitrogen and oxygen atoms in total. The zero-order valence-electron chi connectivity index (χ0n) is 43.0. The van der Waals surface area contributed by atoms with Gasteiger partial charge in [-0.2, -0.15) is 0 Å². The van der Waals surface area contributed by atoms with Gasteiger partial charge >= 0.3 is 20.1 Å². The molecule has 4 aliphatic rings. The molecule has 5 heterocycles. The van der Waals surface area contributed by atoms with E-state index >= 15 is 0 Å². The minimum atomic E-state index is 0. The van der Waals surface area contributed by atoms with Gasteiger partial charge in [0.25, 0.3) is 0 Å². The van der Waals surface area contributed by atoms with Crippen LogP contribution < -0.4 is 0 Å². The van der Waals surface area contributed by atoms with Crippen molar-refractivity contribution < 1.29 is 24.5 Å². The van der Waals surface area contributed by atoms with Crippen LogP contribution in [-0.2, 0) is 20.1 Å². The van der Waals surface area contributed by atoms with Gasteiger partial charge in [0.1, 0.15) is 0 Å². The Bertz CT molecular complexity index is 4210. The molecule has 374 valence electrons. The Morgan fingerprint density at radius 1 is 0.423 bits per heavy atom. The molecule has 4 aliphatic carbocycles. The number of benzene rings is 7. The normalized spacial score (nSPS) is 17.2. The van der Waals surface area contributed by atoms with Crippen LogP contribution in [0.1, 0.15) is 60.8 Å². The van der Waals surface area contributed by atoms with Gasteiger partial charge in [0.05, 0.1) is 5.58 Å². The predicted molar refractivity (Wildman–Crippen MR) is 311 cm³/mol. The van der Waals surface area contributed by atoms with Gasteiger partial charge in [-0.1, -0.05) is 133 Å². The Kier molecular flexibility index (Phi) is 12.2. The standard InChI is InChI=1S/C72H51N4O.Ir/c1-44-22-27-65-64-20-11-21-66(71(64)77-72(65)76-44)70-31-26-51(43-75-70)59-16-7-10-19-62(59)56-38-54(60-17-8-5-14-57(60)49-24-29-68(73-41-49)47-12-3-2-4-13-47)37-55(39-56)61-18-9-6-15-58(61)50-25-30-69(74-42-50)48-23-28-63-52-33-45-32-46(34-52)36-53(35-45)67(63)40-48;/h2-12,14-20,22,24-31,37-43,45-46,52-53H,32-36H2,1H3;/q-3;+3. The van der Waals surface area contributed by atoms with Gasteiger partial charge in [-0.15, -0.1) is 89.0 Å². The molecule has 12 aromatic rings. The van der Waals surface area contributed by atoms with Crippen molar-refractivity contribution in [2.75, 3.05) is 0 Å². The number of furan rings is 1. The van der Waals surface area contributed by atoms with E-state index in [1.807, 2.05) is 61.8 Å². The molecule has 0 radical (unpaired) electrons. The summed E-state index contributed by atoms with van der Waals surface area (Å²) in [6.45, 7) is 1.98. The molecule has 2 saturated carbocycles. The zero-order chi connectivity index (χ0) is 51.0. The maximum atomic E-state index is 6.37. The largest absolute Gasteiger partial charge is 3.00 e. The van der Waals surface area contributed by atoms with Crippen molar-refractivity contribution in [2.45, 2.75) is 50.9 Å². The third-order valence-electron chi connectivity index (χ3n) is 16.9. The van der Waals surface area contributed by atoms with Crippen molar-refractivity contribution in [1.82, 2.24) is 19.9 Å². The van der Waals surface area contributed by atoms with E-state index in [0.29, 0.717) is 17.5 Å². The topological polar surface area (TPSA) is 64.7 Å². The molecule has 0 saturated heterocycles. The molecule has 0 N–H and O–H groups in total. The molecule has 0 amide bonds. The molecule has 0 aliphatic heterocycles. The molecule has 6 heteroatoms. The third-order valence-corrected chi connectivity index (χ3v) is 16.9. The van der Waals surface area contributed by atoms with Crippen LogP contribution in [0.5, 0.6) is 0 Å². The SMILES string of the molecule is Cc1ccc2c(n1)oc1c(-c3ccc(-c4ccccc4-c4cc(-c5ccccc5-c5ccc(-c6[c-]cccc6)nc5)cc(-c5ccccc5-c5ccc(-c6[c-]cc7c(c6)C6CC8CC(CC7C8)C6)nc5)c4)cn3)[c-]ccc12.[Ir+3]. The summed E-state index contributed by atoms with van der Waals surface area (Å²) in [7, 11) is 0. The van der Waals surface area contributed by atoms with E-state index in [-0.39, 0.29) is 20.1 Å². The number of nitrogens with zero attached hydrogens (tertiary/aromatic N) is 4. The summed E-state index contributed by atoms with van der Waals surface area (Å²) >= 11 is 0. The van der Waals surface area contributed by atoms with Crippen molar-refractivity contribution in [3.05, 3.63) is 242 Å². The molecular weight excluding hydrogens is 1130 g/mol. The fourth-order valence-corrected chi connectivity index (χ4v) is 13.4. The first-order valence-electron chi connectivity index (χ1n) is 27.1.